The molecule has 3 aromatic carbocycles. The maximum Gasteiger partial charge on any atom is 0.317 e. The third kappa shape index (κ3) is 6.48. The number of hydrogen-bond donors (Lipinski definition) is 2. The lowest BCUT2D eigenvalue weighted by atomic mass is 10.1. The smallest absolute Gasteiger partial charge is 0.317 e. The van der Waals surface area contributed by atoms with E-state index in [1.807, 2.05) is 47.8 Å². The monoisotopic (exact) mass is 476 g/mol. The minimum absolute atomic E-state index is 0.0220. The summed E-state index contributed by atoms with van der Waals surface area (Å²) in [4.78, 5) is 36.8. The van der Waals surface area contributed by atoms with Crippen molar-refractivity contribution in [1.82, 2.24) is 5.32 Å². The van der Waals surface area contributed by atoms with E-state index in [2.05, 4.69) is 5.32 Å². The number of rotatable bonds is 8. The van der Waals surface area contributed by atoms with Crippen molar-refractivity contribution in [3.63, 3.8) is 0 Å². The number of fused-ring (bicyclic) bond motifs is 1. The molecule has 3 rings (SSSR count). The van der Waals surface area contributed by atoms with Crippen molar-refractivity contribution in [1.29, 1.82) is 0 Å². The van der Waals surface area contributed by atoms with E-state index in [1.54, 1.807) is 0 Å². The first-order chi connectivity index (χ1) is 15.7. The molecule has 1 unspecified atom stereocenters. The van der Waals surface area contributed by atoms with Crippen LogP contribution in [-0.2, 0) is 19.1 Å². The number of hydrogen-bond acceptors (Lipinski definition) is 5. The van der Waals surface area contributed by atoms with Gasteiger partial charge in [0.2, 0.25) is 5.91 Å². The van der Waals surface area contributed by atoms with Gasteiger partial charge in [0.05, 0.1) is 18.0 Å². The second-order valence-corrected chi connectivity index (χ2v) is 7.97. The highest BCUT2D eigenvalue weighted by Crippen LogP contribution is 2.24. The van der Waals surface area contributed by atoms with Crippen molar-refractivity contribution >= 4 is 46.0 Å². The predicted octanol–water partition coefficient (Wildman–Crippen LogP) is 4.04. The largest absolute Gasteiger partial charge is 0.452 e. The molecule has 0 aliphatic carbocycles. The van der Waals surface area contributed by atoms with Crippen LogP contribution >= 0.6 is 11.8 Å². The Balaban J connectivity index is 1.43. The molecule has 0 spiro atoms. The maximum absolute atomic E-state index is 13.6. The van der Waals surface area contributed by atoms with E-state index < -0.39 is 53.6 Å². The SMILES string of the molecule is CC(OC(=O)CSc1ccc2ccccc2c1)C(=O)NCC(=O)Nc1ccc(F)c(F)c1F. The Morgan fingerprint density at radius 1 is 0.970 bits per heavy atom. The number of carbonyl (C=O) groups excluding carboxylic acids is 3. The summed E-state index contributed by atoms with van der Waals surface area (Å²) in [5.74, 6) is -6.94. The molecular formula is C23H19F3N2O4S. The van der Waals surface area contributed by atoms with Crippen LogP contribution in [-0.4, -0.2) is 36.2 Å². The Bertz CT molecular complexity index is 1210. The highest BCUT2D eigenvalue weighted by molar-refractivity contribution is 8.00. The number of esters is 1. The molecule has 0 aliphatic heterocycles. The summed E-state index contributed by atoms with van der Waals surface area (Å²) in [5.41, 5.74) is -0.571. The van der Waals surface area contributed by atoms with Crippen LogP contribution < -0.4 is 10.6 Å². The van der Waals surface area contributed by atoms with Gasteiger partial charge in [0.1, 0.15) is 0 Å². The van der Waals surface area contributed by atoms with Crippen LogP contribution in [0.5, 0.6) is 0 Å². The number of ether oxygens (including phenoxy) is 1. The standard InChI is InChI=1S/C23H19F3N2O4S/c1-13(23(31)27-11-19(29)28-18-9-8-17(24)21(25)22(18)26)32-20(30)12-33-16-7-6-14-4-2-3-5-15(14)10-16/h2-10,13H,11-12H2,1H3,(H,27,31)(H,28,29). The van der Waals surface area contributed by atoms with Crippen LogP contribution in [0.25, 0.3) is 10.8 Å². The van der Waals surface area contributed by atoms with E-state index in [9.17, 15) is 27.6 Å². The maximum atomic E-state index is 13.6. The van der Waals surface area contributed by atoms with Gasteiger partial charge in [-0.2, -0.15) is 0 Å². The topological polar surface area (TPSA) is 84.5 Å². The van der Waals surface area contributed by atoms with E-state index >= 15 is 0 Å². The number of anilines is 1. The number of benzene rings is 3. The molecule has 0 fully saturated rings. The molecule has 172 valence electrons. The number of thioether (sulfide) groups is 1. The van der Waals surface area contributed by atoms with Gasteiger partial charge < -0.3 is 15.4 Å². The second kappa shape index (κ2) is 10.9. The van der Waals surface area contributed by atoms with Crippen LogP contribution in [0.3, 0.4) is 0 Å². The number of amides is 2. The summed E-state index contributed by atoms with van der Waals surface area (Å²) in [6, 6.07) is 15.1. The van der Waals surface area contributed by atoms with Gasteiger partial charge in [-0.1, -0.05) is 30.3 Å². The summed E-state index contributed by atoms with van der Waals surface area (Å²) < 4.78 is 44.8. The summed E-state index contributed by atoms with van der Waals surface area (Å²) in [6.07, 6.45) is -1.18. The third-order valence-corrected chi connectivity index (χ3v) is 5.45. The van der Waals surface area contributed by atoms with Crippen molar-refractivity contribution in [2.24, 2.45) is 0 Å². The van der Waals surface area contributed by atoms with Gasteiger partial charge >= 0.3 is 5.97 Å². The third-order valence-electron chi connectivity index (χ3n) is 4.49. The molecule has 0 saturated heterocycles. The fourth-order valence-corrected chi connectivity index (χ4v) is 3.54. The summed E-state index contributed by atoms with van der Waals surface area (Å²) >= 11 is 1.26. The Labute approximate surface area is 191 Å². The van der Waals surface area contributed by atoms with Gasteiger partial charge in [0, 0.05) is 4.90 Å². The zero-order valence-electron chi connectivity index (χ0n) is 17.4. The molecular weight excluding hydrogens is 457 g/mol. The van der Waals surface area contributed by atoms with Crippen LogP contribution in [0.1, 0.15) is 6.92 Å². The second-order valence-electron chi connectivity index (χ2n) is 6.92. The molecule has 6 nitrogen and oxygen atoms in total. The fraction of sp³-hybridized carbons (Fsp3) is 0.174. The zero-order chi connectivity index (χ0) is 24.0. The van der Waals surface area contributed by atoms with Crippen molar-refractivity contribution < 1.29 is 32.3 Å². The first-order valence-corrected chi connectivity index (χ1v) is 10.8. The van der Waals surface area contributed by atoms with E-state index in [1.165, 1.54) is 18.7 Å². The van der Waals surface area contributed by atoms with Gasteiger partial charge in [0.15, 0.2) is 23.6 Å². The normalized spacial score (nSPS) is 11.6. The number of halogens is 3. The van der Waals surface area contributed by atoms with Gasteiger partial charge in [0.25, 0.3) is 5.91 Å². The summed E-state index contributed by atoms with van der Waals surface area (Å²) in [7, 11) is 0. The lowest BCUT2D eigenvalue weighted by Gasteiger charge is -2.14. The number of carbonyl (C=O) groups is 3. The number of nitrogens with one attached hydrogen (secondary N) is 2. The fourth-order valence-electron chi connectivity index (χ4n) is 2.81. The highest BCUT2D eigenvalue weighted by Gasteiger charge is 2.20. The van der Waals surface area contributed by atoms with E-state index in [0.717, 1.165) is 21.7 Å². The molecule has 0 bridgehead atoms. The van der Waals surface area contributed by atoms with Crippen molar-refractivity contribution in [3.8, 4) is 0 Å². The highest BCUT2D eigenvalue weighted by atomic mass is 32.2. The van der Waals surface area contributed by atoms with Crippen molar-refractivity contribution in [2.45, 2.75) is 17.9 Å². The van der Waals surface area contributed by atoms with E-state index in [-0.39, 0.29) is 5.75 Å². The van der Waals surface area contributed by atoms with Gasteiger partial charge in [-0.05, 0) is 42.0 Å². The van der Waals surface area contributed by atoms with Gasteiger partial charge in [-0.25, -0.2) is 13.2 Å². The quantitative estimate of drug-likeness (QED) is 0.291. The van der Waals surface area contributed by atoms with Crippen LogP contribution in [0.2, 0.25) is 0 Å². The average molecular weight is 476 g/mol. The van der Waals surface area contributed by atoms with E-state index in [0.29, 0.717) is 6.07 Å². The molecule has 0 aromatic heterocycles. The van der Waals surface area contributed by atoms with E-state index in [4.69, 9.17) is 4.74 Å². The Morgan fingerprint density at radius 2 is 1.70 bits per heavy atom. The minimum Gasteiger partial charge on any atom is -0.452 e. The van der Waals surface area contributed by atoms with Crippen LogP contribution in [0.4, 0.5) is 18.9 Å². The minimum atomic E-state index is -1.72. The Kier molecular flexibility index (Phi) is 7.94. The Morgan fingerprint density at radius 3 is 2.45 bits per heavy atom. The molecule has 0 aliphatic rings. The Hall–Kier alpha value is -3.53. The lowest BCUT2D eigenvalue weighted by molar-refractivity contribution is -0.152. The molecule has 2 amide bonds. The molecule has 33 heavy (non-hydrogen) atoms. The average Bonchev–Trinajstić information content (AvgIpc) is 2.81. The molecule has 3 aromatic rings. The molecule has 10 heteroatoms. The van der Waals surface area contributed by atoms with Crippen LogP contribution in [0.15, 0.2) is 59.5 Å². The van der Waals surface area contributed by atoms with Gasteiger partial charge in [-0.15, -0.1) is 11.8 Å². The molecule has 0 saturated carbocycles. The first-order valence-electron chi connectivity index (χ1n) is 9.76. The molecule has 0 heterocycles. The zero-order valence-corrected chi connectivity index (χ0v) is 18.2. The van der Waals surface area contributed by atoms with Gasteiger partial charge in [-0.3, -0.25) is 14.4 Å². The first kappa shape index (κ1) is 24.1. The summed E-state index contributed by atoms with van der Waals surface area (Å²) in [5, 5.41) is 6.35. The molecule has 2 N–H and O–H groups in total. The molecule has 1 atom stereocenters. The van der Waals surface area contributed by atoms with Crippen molar-refractivity contribution in [3.05, 3.63) is 72.0 Å². The molecule has 0 radical (unpaired) electrons. The van der Waals surface area contributed by atoms with Crippen molar-refractivity contribution in [2.75, 3.05) is 17.6 Å². The van der Waals surface area contributed by atoms with Crippen LogP contribution in [0, 0.1) is 17.5 Å². The predicted molar refractivity (Wildman–Crippen MR) is 118 cm³/mol. The lowest BCUT2D eigenvalue weighted by Crippen LogP contribution is -2.40. The summed E-state index contributed by atoms with van der Waals surface area (Å²) in [6.45, 7) is 0.742.